The van der Waals surface area contributed by atoms with Crippen molar-refractivity contribution in [2.45, 2.75) is 0 Å². The average Bonchev–Trinajstić information content (AvgIpc) is 2.75. The highest BCUT2D eigenvalue weighted by Crippen LogP contribution is 2.33. The molecule has 1 aliphatic rings. The maximum atomic E-state index is 11.4. The number of H-pyrrole nitrogens is 2. The van der Waals surface area contributed by atoms with E-state index < -0.39 is 0 Å². The molecule has 2 aromatic rings. The van der Waals surface area contributed by atoms with Gasteiger partial charge in [0, 0.05) is 6.20 Å². The Kier molecular flexibility index (Phi) is 1.96. The standard InChI is InChI=1S/C11H10N2O3/c14-11-8(6-12-13-11)7-1-2-9-10(5-7)16-4-3-15-9/h1-2,5-6H,3-4H2,(H2,12,13,14). The van der Waals surface area contributed by atoms with Gasteiger partial charge < -0.3 is 14.6 Å². The molecule has 0 atom stereocenters. The zero-order chi connectivity index (χ0) is 11.0. The smallest absolute Gasteiger partial charge is 0.271 e. The number of ether oxygens (including phenoxy) is 2. The average molecular weight is 218 g/mol. The van der Waals surface area contributed by atoms with Gasteiger partial charge in [-0.1, -0.05) is 6.07 Å². The van der Waals surface area contributed by atoms with Gasteiger partial charge in [0.2, 0.25) is 0 Å². The molecule has 1 aromatic heterocycles. The second-order valence-electron chi connectivity index (χ2n) is 3.51. The van der Waals surface area contributed by atoms with E-state index in [2.05, 4.69) is 10.2 Å². The summed E-state index contributed by atoms with van der Waals surface area (Å²) in [6.07, 6.45) is 1.63. The Labute approximate surface area is 91.0 Å². The lowest BCUT2D eigenvalue weighted by Gasteiger charge is -2.18. The molecule has 0 radical (unpaired) electrons. The van der Waals surface area contributed by atoms with Crippen molar-refractivity contribution in [2.75, 3.05) is 13.2 Å². The summed E-state index contributed by atoms with van der Waals surface area (Å²) in [5, 5.41) is 5.16. The van der Waals surface area contributed by atoms with Crippen LogP contribution in [0, 0.1) is 0 Å². The van der Waals surface area contributed by atoms with Gasteiger partial charge in [0.15, 0.2) is 11.5 Å². The van der Waals surface area contributed by atoms with Gasteiger partial charge in [-0.2, -0.15) is 0 Å². The summed E-state index contributed by atoms with van der Waals surface area (Å²) >= 11 is 0. The fraction of sp³-hybridized carbons (Fsp3) is 0.182. The van der Waals surface area contributed by atoms with Crippen LogP contribution in [-0.4, -0.2) is 23.4 Å². The van der Waals surface area contributed by atoms with Crippen LogP contribution in [0.5, 0.6) is 11.5 Å². The monoisotopic (exact) mass is 218 g/mol. The summed E-state index contributed by atoms with van der Waals surface area (Å²) in [5.41, 5.74) is 1.26. The Morgan fingerprint density at radius 2 is 1.94 bits per heavy atom. The Morgan fingerprint density at radius 1 is 1.12 bits per heavy atom. The van der Waals surface area contributed by atoms with Crippen molar-refractivity contribution < 1.29 is 9.47 Å². The minimum Gasteiger partial charge on any atom is -0.486 e. The van der Waals surface area contributed by atoms with Crippen molar-refractivity contribution in [2.24, 2.45) is 0 Å². The quantitative estimate of drug-likeness (QED) is 0.754. The van der Waals surface area contributed by atoms with E-state index in [0.717, 1.165) is 11.3 Å². The first-order valence-corrected chi connectivity index (χ1v) is 5.01. The topological polar surface area (TPSA) is 67.1 Å². The summed E-state index contributed by atoms with van der Waals surface area (Å²) < 4.78 is 10.9. The van der Waals surface area contributed by atoms with Crippen molar-refractivity contribution >= 4 is 0 Å². The fourth-order valence-electron chi connectivity index (χ4n) is 1.73. The summed E-state index contributed by atoms with van der Waals surface area (Å²) in [4.78, 5) is 11.4. The number of hydrogen-bond donors (Lipinski definition) is 2. The second-order valence-corrected chi connectivity index (χ2v) is 3.51. The predicted octanol–water partition coefficient (Wildman–Crippen LogP) is 1.14. The molecule has 16 heavy (non-hydrogen) atoms. The van der Waals surface area contributed by atoms with Crippen LogP contribution in [-0.2, 0) is 0 Å². The molecule has 0 bridgehead atoms. The van der Waals surface area contributed by atoms with Crippen molar-refractivity contribution in [1.29, 1.82) is 0 Å². The lowest BCUT2D eigenvalue weighted by Crippen LogP contribution is -2.15. The molecule has 0 spiro atoms. The third kappa shape index (κ3) is 1.37. The van der Waals surface area contributed by atoms with E-state index >= 15 is 0 Å². The molecule has 1 aliphatic heterocycles. The van der Waals surface area contributed by atoms with E-state index in [1.165, 1.54) is 0 Å². The number of aromatic nitrogens is 2. The first-order chi connectivity index (χ1) is 7.84. The zero-order valence-electron chi connectivity index (χ0n) is 8.45. The van der Waals surface area contributed by atoms with E-state index in [1.807, 2.05) is 18.2 Å². The molecule has 5 heteroatoms. The lowest BCUT2D eigenvalue weighted by molar-refractivity contribution is 0.171. The number of aromatic amines is 2. The van der Waals surface area contributed by atoms with Crippen LogP contribution in [0.25, 0.3) is 11.1 Å². The number of benzene rings is 1. The Hall–Kier alpha value is -2.17. The first-order valence-electron chi connectivity index (χ1n) is 5.01. The van der Waals surface area contributed by atoms with E-state index in [1.54, 1.807) is 6.20 Å². The molecule has 2 N–H and O–H groups in total. The normalized spacial score (nSPS) is 13.8. The van der Waals surface area contributed by atoms with Crippen LogP contribution < -0.4 is 15.0 Å². The fourth-order valence-corrected chi connectivity index (χ4v) is 1.73. The maximum Gasteiger partial charge on any atom is 0.271 e. The van der Waals surface area contributed by atoms with Crippen LogP contribution in [0.2, 0.25) is 0 Å². The zero-order valence-corrected chi connectivity index (χ0v) is 8.45. The molecule has 1 aromatic carbocycles. The highest BCUT2D eigenvalue weighted by atomic mass is 16.6. The van der Waals surface area contributed by atoms with Crippen molar-refractivity contribution in [3.05, 3.63) is 34.7 Å². The van der Waals surface area contributed by atoms with Crippen molar-refractivity contribution in [3.8, 4) is 22.6 Å². The third-order valence-corrected chi connectivity index (χ3v) is 2.50. The molecule has 82 valence electrons. The van der Waals surface area contributed by atoms with Gasteiger partial charge in [0.25, 0.3) is 5.56 Å². The van der Waals surface area contributed by atoms with Crippen LogP contribution in [0.3, 0.4) is 0 Å². The van der Waals surface area contributed by atoms with Gasteiger partial charge in [-0.15, -0.1) is 0 Å². The molecule has 0 amide bonds. The number of rotatable bonds is 1. The maximum absolute atomic E-state index is 11.4. The van der Waals surface area contributed by atoms with Crippen LogP contribution in [0.1, 0.15) is 0 Å². The van der Waals surface area contributed by atoms with Gasteiger partial charge in [-0.25, -0.2) is 0 Å². The van der Waals surface area contributed by atoms with E-state index in [0.29, 0.717) is 24.5 Å². The third-order valence-electron chi connectivity index (χ3n) is 2.50. The van der Waals surface area contributed by atoms with Gasteiger partial charge in [0.05, 0.1) is 5.56 Å². The Bertz CT molecular complexity index is 571. The minimum atomic E-state index is -0.142. The lowest BCUT2D eigenvalue weighted by atomic mass is 10.1. The van der Waals surface area contributed by atoms with E-state index in [4.69, 9.17) is 9.47 Å². The molecule has 0 aliphatic carbocycles. The highest BCUT2D eigenvalue weighted by Gasteiger charge is 2.13. The summed E-state index contributed by atoms with van der Waals surface area (Å²) in [7, 11) is 0. The van der Waals surface area contributed by atoms with Gasteiger partial charge in [0.1, 0.15) is 13.2 Å². The highest BCUT2D eigenvalue weighted by molar-refractivity contribution is 5.65. The van der Waals surface area contributed by atoms with Crippen molar-refractivity contribution in [1.82, 2.24) is 10.2 Å². The minimum absolute atomic E-state index is 0.142. The van der Waals surface area contributed by atoms with Gasteiger partial charge in [-0.05, 0) is 17.7 Å². The molecule has 0 fully saturated rings. The van der Waals surface area contributed by atoms with Crippen molar-refractivity contribution in [3.63, 3.8) is 0 Å². The van der Waals surface area contributed by atoms with E-state index in [9.17, 15) is 4.79 Å². The number of nitrogens with one attached hydrogen (secondary N) is 2. The summed E-state index contributed by atoms with van der Waals surface area (Å²) in [6, 6.07) is 5.47. The second kappa shape index (κ2) is 3.44. The molecular formula is C11H10N2O3. The summed E-state index contributed by atoms with van der Waals surface area (Å²) in [6.45, 7) is 1.11. The SMILES string of the molecule is O=c1[nH][nH]cc1-c1ccc2c(c1)OCCO2. The van der Waals surface area contributed by atoms with Crippen LogP contribution >= 0.6 is 0 Å². The largest absolute Gasteiger partial charge is 0.486 e. The first kappa shape index (κ1) is 9.08. The molecule has 2 heterocycles. The predicted molar refractivity (Wildman–Crippen MR) is 57.8 cm³/mol. The van der Waals surface area contributed by atoms with Crippen LogP contribution in [0.4, 0.5) is 0 Å². The van der Waals surface area contributed by atoms with Crippen LogP contribution in [0.15, 0.2) is 29.2 Å². The Morgan fingerprint density at radius 3 is 2.69 bits per heavy atom. The molecule has 5 nitrogen and oxygen atoms in total. The molecule has 3 rings (SSSR count). The summed E-state index contributed by atoms with van der Waals surface area (Å²) in [5.74, 6) is 1.41. The number of fused-ring (bicyclic) bond motifs is 1. The van der Waals surface area contributed by atoms with Gasteiger partial charge >= 0.3 is 0 Å². The van der Waals surface area contributed by atoms with Gasteiger partial charge in [-0.3, -0.25) is 9.89 Å². The molecule has 0 unspecified atom stereocenters. The number of hydrogen-bond acceptors (Lipinski definition) is 3. The molecule has 0 saturated heterocycles. The molecular weight excluding hydrogens is 208 g/mol. The Balaban J connectivity index is 2.10. The molecule has 0 saturated carbocycles. The van der Waals surface area contributed by atoms with E-state index in [-0.39, 0.29) is 5.56 Å².